The van der Waals surface area contributed by atoms with Crippen LogP contribution in [0.15, 0.2) is 29.4 Å². The number of amides is 2. The third-order valence-electron chi connectivity index (χ3n) is 3.52. The standard InChI is InChI=1S/C15H17N3O2S/c19-14-8-7-13(17-18-14)11-3-5-12(6-4-11)16-15(20)21-9-10-1-2-10/h3-6,10H,1-2,7-9H2,(H,16,20)(H,18,19). The fourth-order valence-corrected chi connectivity index (χ4v) is 2.97. The van der Waals surface area contributed by atoms with Crippen molar-refractivity contribution in [1.82, 2.24) is 5.43 Å². The molecule has 2 aliphatic rings. The molecule has 0 aromatic heterocycles. The van der Waals surface area contributed by atoms with E-state index in [0.29, 0.717) is 12.8 Å². The predicted molar refractivity (Wildman–Crippen MR) is 84.6 cm³/mol. The van der Waals surface area contributed by atoms with Crippen molar-refractivity contribution in [2.45, 2.75) is 25.7 Å². The van der Waals surface area contributed by atoms with E-state index in [0.717, 1.165) is 28.6 Å². The molecule has 5 nitrogen and oxygen atoms in total. The molecular formula is C15H17N3O2S. The Labute approximate surface area is 127 Å². The number of carbonyl (C=O) groups excluding carboxylic acids is 2. The highest BCUT2D eigenvalue weighted by Gasteiger charge is 2.22. The van der Waals surface area contributed by atoms with Crippen molar-refractivity contribution in [1.29, 1.82) is 0 Å². The topological polar surface area (TPSA) is 70.6 Å². The summed E-state index contributed by atoms with van der Waals surface area (Å²) in [6, 6.07) is 7.56. The zero-order valence-electron chi connectivity index (χ0n) is 11.6. The van der Waals surface area contributed by atoms with E-state index in [1.54, 1.807) is 0 Å². The summed E-state index contributed by atoms with van der Waals surface area (Å²) in [7, 11) is 0. The minimum absolute atomic E-state index is 0.00285. The minimum atomic E-state index is -0.0460. The summed E-state index contributed by atoms with van der Waals surface area (Å²) >= 11 is 1.35. The van der Waals surface area contributed by atoms with Crippen molar-refractivity contribution >= 4 is 34.3 Å². The highest BCUT2D eigenvalue weighted by Crippen LogP contribution is 2.32. The largest absolute Gasteiger partial charge is 0.317 e. The number of carbonyl (C=O) groups is 2. The van der Waals surface area contributed by atoms with Gasteiger partial charge in [-0.2, -0.15) is 5.10 Å². The highest BCUT2D eigenvalue weighted by atomic mass is 32.2. The van der Waals surface area contributed by atoms with Gasteiger partial charge >= 0.3 is 0 Å². The van der Waals surface area contributed by atoms with Gasteiger partial charge in [0.05, 0.1) is 5.71 Å². The number of nitrogens with one attached hydrogen (secondary N) is 2. The fraction of sp³-hybridized carbons (Fsp3) is 0.400. The molecule has 0 radical (unpaired) electrons. The van der Waals surface area contributed by atoms with Crippen LogP contribution in [0.5, 0.6) is 0 Å². The van der Waals surface area contributed by atoms with Crippen LogP contribution in [0.2, 0.25) is 0 Å². The van der Waals surface area contributed by atoms with E-state index in [1.165, 1.54) is 24.6 Å². The highest BCUT2D eigenvalue weighted by molar-refractivity contribution is 8.13. The van der Waals surface area contributed by atoms with Crippen LogP contribution >= 0.6 is 11.8 Å². The average molecular weight is 303 g/mol. The van der Waals surface area contributed by atoms with Crippen LogP contribution in [0.4, 0.5) is 10.5 Å². The third kappa shape index (κ3) is 4.07. The van der Waals surface area contributed by atoms with Crippen molar-refractivity contribution in [2.75, 3.05) is 11.1 Å². The lowest BCUT2D eigenvalue weighted by atomic mass is 10.0. The van der Waals surface area contributed by atoms with Crippen molar-refractivity contribution in [2.24, 2.45) is 11.0 Å². The third-order valence-corrected chi connectivity index (χ3v) is 4.52. The Morgan fingerprint density at radius 3 is 2.67 bits per heavy atom. The van der Waals surface area contributed by atoms with Gasteiger partial charge in [0, 0.05) is 24.3 Å². The van der Waals surface area contributed by atoms with E-state index in [-0.39, 0.29) is 11.1 Å². The first-order valence-electron chi connectivity index (χ1n) is 7.10. The van der Waals surface area contributed by atoms with E-state index < -0.39 is 0 Å². The van der Waals surface area contributed by atoms with Gasteiger partial charge in [-0.15, -0.1) is 0 Å². The quantitative estimate of drug-likeness (QED) is 0.898. The van der Waals surface area contributed by atoms with Gasteiger partial charge in [-0.25, -0.2) is 5.43 Å². The summed E-state index contributed by atoms with van der Waals surface area (Å²) in [5.41, 5.74) is 5.11. The molecule has 0 saturated heterocycles. The first kappa shape index (κ1) is 14.1. The molecule has 21 heavy (non-hydrogen) atoms. The second kappa shape index (κ2) is 6.30. The first-order valence-corrected chi connectivity index (χ1v) is 8.09. The maximum Gasteiger partial charge on any atom is 0.283 e. The minimum Gasteiger partial charge on any atom is -0.317 e. The lowest BCUT2D eigenvalue weighted by Gasteiger charge is -2.12. The SMILES string of the molecule is O=C1CCC(c2ccc(NC(=O)SCC3CC3)cc2)=NN1. The van der Waals surface area contributed by atoms with Crippen LogP contribution in [-0.2, 0) is 4.79 Å². The summed E-state index contributed by atoms with van der Waals surface area (Å²) in [5, 5.41) is 6.93. The van der Waals surface area contributed by atoms with Gasteiger partial charge in [-0.05, 0) is 36.5 Å². The Morgan fingerprint density at radius 2 is 2.05 bits per heavy atom. The second-order valence-electron chi connectivity index (χ2n) is 5.34. The van der Waals surface area contributed by atoms with E-state index in [4.69, 9.17) is 0 Å². The molecule has 0 atom stereocenters. The maximum atomic E-state index is 11.7. The lowest BCUT2D eigenvalue weighted by Crippen LogP contribution is -2.25. The van der Waals surface area contributed by atoms with Crippen LogP contribution in [-0.4, -0.2) is 22.6 Å². The summed E-state index contributed by atoms with van der Waals surface area (Å²) in [4.78, 5) is 22.8. The van der Waals surface area contributed by atoms with Gasteiger partial charge in [0.2, 0.25) is 5.91 Å². The van der Waals surface area contributed by atoms with Gasteiger partial charge in [-0.3, -0.25) is 9.59 Å². The number of hydrazone groups is 1. The number of hydrogen-bond acceptors (Lipinski definition) is 4. The molecule has 0 unspecified atom stereocenters. The van der Waals surface area contributed by atoms with E-state index in [2.05, 4.69) is 15.8 Å². The molecule has 1 saturated carbocycles. The summed E-state index contributed by atoms with van der Waals surface area (Å²) in [6.07, 6.45) is 3.63. The van der Waals surface area contributed by atoms with E-state index in [1.807, 2.05) is 24.3 Å². The Balaban J connectivity index is 1.55. The van der Waals surface area contributed by atoms with E-state index >= 15 is 0 Å². The maximum absolute atomic E-state index is 11.7. The van der Waals surface area contributed by atoms with Crippen LogP contribution in [0.1, 0.15) is 31.2 Å². The normalized spacial score (nSPS) is 17.9. The van der Waals surface area contributed by atoms with Crippen LogP contribution in [0, 0.1) is 5.92 Å². The Bertz CT molecular complexity index is 579. The summed E-state index contributed by atoms with van der Waals surface area (Å²) in [5.74, 6) is 1.61. The molecule has 3 rings (SSSR count). The van der Waals surface area contributed by atoms with Gasteiger partial charge in [0.15, 0.2) is 0 Å². The predicted octanol–water partition coefficient (Wildman–Crippen LogP) is 2.98. The molecular weight excluding hydrogens is 286 g/mol. The molecule has 1 aromatic carbocycles. The number of rotatable bonds is 4. The Kier molecular flexibility index (Phi) is 4.24. The molecule has 2 amide bonds. The van der Waals surface area contributed by atoms with E-state index in [9.17, 15) is 9.59 Å². The number of benzene rings is 1. The van der Waals surface area contributed by atoms with Crippen LogP contribution < -0.4 is 10.7 Å². The first-order chi connectivity index (χ1) is 10.2. The zero-order valence-corrected chi connectivity index (χ0v) is 12.4. The molecule has 110 valence electrons. The molecule has 2 N–H and O–H groups in total. The number of nitrogens with zero attached hydrogens (tertiary/aromatic N) is 1. The smallest absolute Gasteiger partial charge is 0.283 e. The zero-order chi connectivity index (χ0) is 14.7. The average Bonchev–Trinajstić information content (AvgIpc) is 3.31. The fourth-order valence-electron chi connectivity index (χ4n) is 2.06. The molecule has 6 heteroatoms. The van der Waals surface area contributed by atoms with Crippen LogP contribution in [0.25, 0.3) is 0 Å². The molecule has 0 spiro atoms. The number of hydrogen-bond donors (Lipinski definition) is 2. The molecule has 1 aromatic rings. The monoisotopic (exact) mass is 303 g/mol. The van der Waals surface area contributed by atoms with Crippen molar-refractivity contribution in [3.63, 3.8) is 0 Å². The summed E-state index contributed by atoms with van der Waals surface area (Å²) in [6.45, 7) is 0. The van der Waals surface area contributed by atoms with Gasteiger partial charge in [-0.1, -0.05) is 23.9 Å². The van der Waals surface area contributed by atoms with Gasteiger partial charge in [0.1, 0.15) is 0 Å². The van der Waals surface area contributed by atoms with Crippen molar-refractivity contribution in [3.8, 4) is 0 Å². The number of thioether (sulfide) groups is 1. The second-order valence-corrected chi connectivity index (χ2v) is 6.33. The lowest BCUT2D eigenvalue weighted by molar-refractivity contribution is -0.121. The van der Waals surface area contributed by atoms with Crippen molar-refractivity contribution in [3.05, 3.63) is 29.8 Å². The number of anilines is 1. The van der Waals surface area contributed by atoms with Gasteiger partial charge < -0.3 is 5.32 Å². The molecule has 0 bridgehead atoms. The van der Waals surface area contributed by atoms with Crippen LogP contribution in [0.3, 0.4) is 0 Å². The molecule has 1 aliphatic carbocycles. The Hall–Kier alpha value is -1.82. The Morgan fingerprint density at radius 1 is 1.29 bits per heavy atom. The molecule has 1 aliphatic heterocycles. The van der Waals surface area contributed by atoms with Crippen molar-refractivity contribution < 1.29 is 9.59 Å². The molecule has 1 heterocycles. The van der Waals surface area contributed by atoms with Gasteiger partial charge in [0.25, 0.3) is 5.24 Å². The summed E-state index contributed by atoms with van der Waals surface area (Å²) < 4.78 is 0. The molecule has 1 fully saturated rings.